The molecule has 3 atom stereocenters. The number of nitrogens with one attached hydrogen (secondary N) is 1. The van der Waals surface area contributed by atoms with Crippen molar-refractivity contribution >= 4 is 11.8 Å². The molecule has 0 radical (unpaired) electrons. The molecule has 3 unspecified atom stereocenters. The monoisotopic (exact) mass is 201 g/mol. The van der Waals surface area contributed by atoms with Crippen LogP contribution < -0.4 is 5.32 Å². The van der Waals surface area contributed by atoms with Gasteiger partial charge < -0.3 is 5.32 Å². The fraction of sp³-hybridized carbons (Fsp3) is 1.00. The third-order valence-electron chi connectivity index (χ3n) is 2.80. The second kappa shape index (κ2) is 5.92. The first-order valence-corrected chi connectivity index (χ1v) is 6.68. The van der Waals surface area contributed by atoms with Crippen LogP contribution in [0.25, 0.3) is 0 Å². The minimum absolute atomic E-state index is 0.765. The lowest BCUT2D eigenvalue weighted by atomic mass is 10.1. The highest BCUT2D eigenvalue weighted by molar-refractivity contribution is 8.00. The van der Waals surface area contributed by atoms with Gasteiger partial charge in [-0.25, -0.2) is 0 Å². The quantitative estimate of drug-likeness (QED) is 0.734. The van der Waals surface area contributed by atoms with Crippen molar-refractivity contribution in [2.45, 2.75) is 63.8 Å². The molecule has 1 aliphatic rings. The summed E-state index contributed by atoms with van der Waals surface area (Å²) in [6.07, 6.45) is 5.29. The molecule has 0 aliphatic carbocycles. The molecule has 0 bridgehead atoms. The van der Waals surface area contributed by atoms with E-state index in [1.807, 2.05) is 0 Å². The Kier molecular flexibility index (Phi) is 5.18. The predicted molar refractivity (Wildman–Crippen MR) is 62.4 cm³/mol. The van der Waals surface area contributed by atoms with E-state index < -0.39 is 0 Å². The van der Waals surface area contributed by atoms with Crippen LogP contribution in [0, 0.1) is 0 Å². The third-order valence-corrected chi connectivity index (χ3v) is 4.16. The molecule has 1 aliphatic heterocycles. The van der Waals surface area contributed by atoms with Gasteiger partial charge in [-0.05, 0) is 19.3 Å². The first-order valence-electron chi connectivity index (χ1n) is 5.63. The van der Waals surface area contributed by atoms with Gasteiger partial charge in [0.1, 0.15) is 0 Å². The van der Waals surface area contributed by atoms with Crippen LogP contribution in [0.5, 0.6) is 0 Å². The van der Waals surface area contributed by atoms with E-state index in [1.54, 1.807) is 0 Å². The lowest BCUT2D eigenvalue weighted by Crippen LogP contribution is -2.38. The average Bonchev–Trinajstić information content (AvgIpc) is 2.50. The normalized spacial score (nSPS) is 30.7. The van der Waals surface area contributed by atoms with E-state index in [0.717, 1.165) is 17.3 Å². The summed E-state index contributed by atoms with van der Waals surface area (Å²) in [5.74, 6) is 1.32. The Morgan fingerprint density at radius 3 is 2.69 bits per heavy atom. The molecule has 2 heteroatoms. The van der Waals surface area contributed by atoms with Gasteiger partial charge in [0.15, 0.2) is 0 Å². The Morgan fingerprint density at radius 2 is 2.23 bits per heavy atom. The van der Waals surface area contributed by atoms with Gasteiger partial charge in [-0.15, -0.1) is 0 Å². The van der Waals surface area contributed by atoms with Crippen molar-refractivity contribution < 1.29 is 0 Å². The van der Waals surface area contributed by atoms with Crippen LogP contribution in [0.15, 0.2) is 0 Å². The van der Waals surface area contributed by atoms with Crippen molar-refractivity contribution in [1.82, 2.24) is 5.32 Å². The van der Waals surface area contributed by atoms with E-state index in [9.17, 15) is 0 Å². The second-order valence-electron chi connectivity index (χ2n) is 4.14. The molecule has 0 aromatic carbocycles. The summed E-state index contributed by atoms with van der Waals surface area (Å²) in [6, 6.07) is 1.55. The lowest BCUT2D eigenvalue weighted by Gasteiger charge is -2.20. The molecular weight excluding hydrogens is 178 g/mol. The Morgan fingerprint density at radius 1 is 1.46 bits per heavy atom. The maximum Gasteiger partial charge on any atom is 0.0171 e. The molecule has 0 aromatic heterocycles. The standard InChI is InChI=1S/C11H23NS/c1-4-6-10(5-2)12-11-7-9(3)13-8-11/h9-12H,4-8H2,1-3H3. The summed E-state index contributed by atoms with van der Waals surface area (Å²) in [5, 5.41) is 4.65. The number of hydrogen-bond acceptors (Lipinski definition) is 2. The highest BCUT2D eigenvalue weighted by atomic mass is 32.2. The smallest absolute Gasteiger partial charge is 0.0171 e. The molecule has 78 valence electrons. The summed E-state index contributed by atoms with van der Waals surface area (Å²) < 4.78 is 0. The fourth-order valence-corrected chi connectivity index (χ4v) is 3.18. The SMILES string of the molecule is CCCC(CC)NC1CSC(C)C1. The summed E-state index contributed by atoms with van der Waals surface area (Å²) in [7, 11) is 0. The highest BCUT2D eigenvalue weighted by Gasteiger charge is 2.23. The van der Waals surface area contributed by atoms with Crippen molar-refractivity contribution in [2.24, 2.45) is 0 Å². The molecule has 0 spiro atoms. The van der Waals surface area contributed by atoms with Gasteiger partial charge >= 0.3 is 0 Å². The van der Waals surface area contributed by atoms with Crippen molar-refractivity contribution in [2.75, 3.05) is 5.75 Å². The van der Waals surface area contributed by atoms with E-state index >= 15 is 0 Å². The zero-order valence-corrected chi connectivity index (χ0v) is 9.99. The Balaban J connectivity index is 2.21. The van der Waals surface area contributed by atoms with Crippen LogP contribution in [0.2, 0.25) is 0 Å². The van der Waals surface area contributed by atoms with Gasteiger partial charge in [0.05, 0.1) is 0 Å². The minimum Gasteiger partial charge on any atom is -0.310 e. The largest absolute Gasteiger partial charge is 0.310 e. The molecule has 0 aromatic rings. The maximum atomic E-state index is 3.78. The Hall–Kier alpha value is 0.310. The molecule has 0 saturated carbocycles. The lowest BCUT2D eigenvalue weighted by molar-refractivity contribution is 0.408. The third kappa shape index (κ3) is 3.90. The number of hydrogen-bond donors (Lipinski definition) is 1. The van der Waals surface area contributed by atoms with E-state index in [0.29, 0.717) is 0 Å². The van der Waals surface area contributed by atoms with Crippen LogP contribution in [0.1, 0.15) is 46.5 Å². The van der Waals surface area contributed by atoms with Gasteiger partial charge in [-0.2, -0.15) is 11.8 Å². The zero-order chi connectivity index (χ0) is 9.68. The summed E-state index contributed by atoms with van der Waals surface area (Å²) in [6.45, 7) is 6.91. The van der Waals surface area contributed by atoms with Crippen LogP contribution in [-0.2, 0) is 0 Å². The van der Waals surface area contributed by atoms with Crippen LogP contribution in [0.3, 0.4) is 0 Å². The molecule has 1 heterocycles. The van der Waals surface area contributed by atoms with Crippen molar-refractivity contribution in [3.63, 3.8) is 0 Å². The first-order chi connectivity index (χ1) is 6.26. The molecule has 1 nitrogen and oxygen atoms in total. The van der Waals surface area contributed by atoms with E-state index in [2.05, 4.69) is 37.8 Å². The van der Waals surface area contributed by atoms with Crippen molar-refractivity contribution in [1.29, 1.82) is 0 Å². The number of thioether (sulfide) groups is 1. The van der Waals surface area contributed by atoms with Gasteiger partial charge in [0.2, 0.25) is 0 Å². The van der Waals surface area contributed by atoms with E-state index in [-0.39, 0.29) is 0 Å². The van der Waals surface area contributed by atoms with Gasteiger partial charge in [0, 0.05) is 23.1 Å². The van der Waals surface area contributed by atoms with Crippen molar-refractivity contribution in [3.05, 3.63) is 0 Å². The molecule has 1 N–H and O–H groups in total. The first kappa shape index (κ1) is 11.4. The van der Waals surface area contributed by atoms with Gasteiger partial charge in [0.25, 0.3) is 0 Å². The number of rotatable bonds is 5. The Labute approximate surface area is 87.1 Å². The summed E-state index contributed by atoms with van der Waals surface area (Å²) >= 11 is 2.11. The fourth-order valence-electron chi connectivity index (χ4n) is 2.02. The molecule has 1 rings (SSSR count). The van der Waals surface area contributed by atoms with Crippen molar-refractivity contribution in [3.8, 4) is 0 Å². The minimum atomic E-state index is 0.765. The van der Waals surface area contributed by atoms with Crippen LogP contribution in [-0.4, -0.2) is 23.1 Å². The molecule has 13 heavy (non-hydrogen) atoms. The topological polar surface area (TPSA) is 12.0 Å². The van der Waals surface area contributed by atoms with Gasteiger partial charge in [-0.3, -0.25) is 0 Å². The highest BCUT2D eigenvalue weighted by Crippen LogP contribution is 2.26. The summed E-state index contributed by atoms with van der Waals surface area (Å²) in [4.78, 5) is 0. The van der Waals surface area contributed by atoms with E-state index in [4.69, 9.17) is 0 Å². The zero-order valence-electron chi connectivity index (χ0n) is 9.18. The molecule has 0 amide bonds. The molecule has 1 saturated heterocycles. The van der Waals surface area contributed by atoms with Crippen LogP contribution in [0.4, 0.5) is 0 Å². The van der Waals surface area contributed by atoms with E-state index in [1.165, 1.54) is 31.4 Å². The average molecular weight is 201 g/mol. The second-order valence-corrected chi connectivity index (χ2v) is 5.61. The summed E-state index contributed by atoms with van der Waals surface area (Å²) in [5.41, 5.74) is 0. The van der Waals surface area contributed by atoms with Crippen LogP contribution >= 0.6 is 11.8 Å². The van der Waals surface area contributed by atoms with Gasteiger partial charge in [-0.1, -0.05) is 27.2 Å². The predicted octanol–water partition coefficient (Wildman–Crippen LogP) is 3.05. The Bertz CT molecular complexity index is 136. The molecular formula is C11H23NS. The maximum absolute atomic E-state index is 3.78. The molecule has 1 fully saturated rings.